The smallest absolute Gasteiger partial charge is 0.264 e. The van der Waals surface area contributed by atoms with E-state index in [0.717, 1.165) is 16.5 Å². The molecule has 0 saturated carbocycles. The number of nitrogens with one attached hydrogen (secondary N) is 1. The topological polar surface area (TPSA) is 79.6 Å². The fourth-order valence-corrected chi connectivity index (χ4v) is 5.60. The average molecular weight is 447 g/mol. The number of amides is 1. The Hall–Kier alpha value is -3.58. The number of para-hydroxylation sites is 2. The van der Waals surface area contributed by atoms with Gasteiger partial charge in [-0.25, -0.2) is 8.42 Å². The highest BCUT2D eigenvalue weighted by atomic mass is 32.2. The molecule has 0 saturated heterocycles. The fraction of sp³-hybridized carbons (Fsp3) is 0.160. The van der Waals surface area contributed by atoms with Crippen LogP contribution in [-0.2, 0) is 16.4 Å². The second kappa shape index (κ2) is 7.84. The van der Waals surface area contributed by atoms with E-state index in [0.29, 0.717) is 24.4 Å². The van der Waals surface area contributed by atoms with Gasteiger partial charge in [-0.05, 0) is 55.3 Å². The number of rotatable bonds is 5. The Bertz CT molecular complexity index is 1390. The van der Waals surface area contributed by atoms with Gasteiger partial charge in [0.05, 0.1) is 16.6 Å². The van der Waals surface area contributed by atoms with Crippen LogP contribution in [0.5, 0.6) is 0 Å². The molecule has 2 heterocycles. The molecule has 5 rings (SSSR count). The van der Waals surface area contributed by atoms with Gasteiger partial charge in [-0.2, -0.15) is 0 Å². The van der Waals surface area contributed by atoms with Crippen LogP contribution in [0.4, 0.5) is 5.69 Å². The van der Waals surface area contributed by atoms with Crippen molar-refractivity contribution >= 4 is 32.6 Å². The third-order valence-corrected chi connectivity index (χ3v) is 7.56. The van der Waals surface area contributed by atoms with E-state index in [1.54, 1.807) is 12.1 Å². The van der Waals surface area contributed by atoms with Crippen LogP contribution in [0.1, 0.15) is 34.6 Å². The molecular formula is C25H22N2O4S. The molecule has 1 unspecified atom stereocenters. The van der Waals surface area contributed by atoms with Crippen molar-refractivity contribution in [3.8, 4) is 0 Å². The molecule has 1 aliphatic heterocycles. The highest BCUT2D eigenvalue weighted by Crippen LogP contribution is 2.33. The highest BCUT2D eigenvalue weighted by molar-refractivity contribution is 7.92. The summed E-state index contributed by atoms with van der Waals surface area (Å²) in [6.07, 6.45) is 0.671. The Morgan fingerprint density at radius 2 is 1.78 bits per heavy atom. The van der Waals surface area contributed by atoms with Crippen molar-refractivity contribution in [2.75, 3.05) is 10.8 Å². The summed E-state index contributed by atoms with van der Waals surface area (Å²) < 4.78 is 33.8. The number of hydrogen-bond acceptors (Lipinski definition) is 4. The Morgan fingerprint density at radius 1 is 1.00 bits per heavy atom. The van der Waals surface area contributed by atoms with Gasteiger partial charge >= 0.3 is 0 Å². The second-order valence-corrected chi connectivity index (χ2v) is 9.73. The van der Waals surface area contributed by atoms with Crippen LogP contribution in [0.3, 0.4) is 0 Å². The fourth-order valence-electron chi connectivity index (χ4n) is 4.05. The van der Waals surface area contributed by atoms with Gasteiger partial charge in [-0.1, -0.05) is 42.5 Å². The summed E-state index contributed by atoms with van der Waals surface area (Å²) in [6.45, 7) is 2.22. The van der Waals surface area contributed by atoms with Crippen molar-refractivity contribution in [3.05, 3.63) is 95.7 Å². The standard InChI is InChI=1S/C25H22N2O4S/c1-17(24-16-19-8-3-5-12-23(19)31-24)26-25(28)20-9-6-10-21(15-20)32(29,30)27-14-13-18-7-2-4-11-22(18)27/h2-12,15-17H,13-14H2,1H3,(H,26,28). The molecule has 32 heavy (non-hydrogen) atoms. The van der Waals surface area contributed by atoms with Crippen molar-refractivity contribution in [2.24, 2.45) is 0 Å². The van der Waals surface area contributed by atoms with E-state index in [-0.39, 0.29) is 22.4 Å². The number of carbonyl (C=O) groups excluding carboxylic acids is 1. The minimum atomic E-state index is -3.77. The number of furan rings is 1. The Kier molecular flexibility index (Phi) is 4.98. The summed E-state index contributed by atoms with van der Waals surface area (Å²) in [5.41, 5.74) is 2.73. The van der Waals surface area contributed by atoms with Crippen LogP contribution in [0, 0.1) is 0 Å². The zero-order chi connectivity index (χ0) is 22.3. The zero-order valence-electron chi connectivity index (χ0n) is 17.5. The van der Waals surface area contributed by atoms with Crippen molar-refractivity contribution in [2.45, 2.75) is 24.3 Å². The molecular weight excluding hydrogens is 424 g/mol. The molecule has 1 atom stereocenters. The maximum absolute atomic E-state index is 13.3. The first-order valence-corrected chi connectivity index (χ1v) is 11.9. The van der Waals surface area contributed by atoms with E-state index in [9.17, 15) is 13.2 Å². The van der Waals surface area contributed by atoms with E-state index in [4.69, 9.17) is 4.42 Å². The third kappa shape index (κ3) is 3.54. The molecule has 162 valence electrons. The van der Waals surface area contributed by atoms with Crippen LogP contribution in [-0.4, -0.2) is 20.9 Å². The Morgan fingerprint density at radius 3 is 2.62 bits per heavy atom. The van der Waals surface area contributed by atoms with Crippen LogP contribution < -0.4 is 9.62 Å². The van der Waals surface area contributed by atoms with Gasteiger partial charge in [0, 0.05) is 17.5 Å². The van der Waals surface area contributed by atoms with Crippen LogP contribution in [0.25, 0.3) is 11.0 Å². The van der Waals surface area contributed by atoms with Crippen LogP contribution >= 0.6 is 0 Å². The lowest BCUT2D eigenvalue weighted by Gasteiger charge is -2.20. The first-order chi connectivity index (χ1) is 15.4. The molecule has 1 aliphatic rings. The minimum absolute atomic E-state index is 0.0956. The minimum Gasteiger partial charge on any atom is -0.459 e. The molecule has 0 bridgehead atoms. The summed E-state index contributed by atoms with van der Waals surface area (Å²) in [5, 5.41) is 3.86. The van der Waals surface area contributed by atoms with Gasteiger partial charge in [0.2, 0.25) is 0 Å². The van der Waals surface area contributed by atoms with Crippen LogP contribution in [0.15, 0.2) is 88.2 Å². The molecule has 0 radical (unpaired) electrons. The van der Waals surface area contributed by atoms with Gasteiger partial charge < -0.3 is 9.73 Å². The van der Waals surface area contributed by atoms with Gasteiger partial charge in [0.25, 0.3) is 15.9 Å². The lowest BCUT2D eigenvalue weighted by atomic mass is 10.1. The van der Waals surface area contributed by atoms with E-state index < -0.39 is 10.0 Å². The second-order valence-electron chi connectivity index (χ2n) is 7.87. The largest absolute Gasteiger partial charge is 0.459 e. The molecule has 1 N–H and O–H groups in total. The first-order valence-electron chi connectivity index (χ1n) is 10.4. The Balaban J connectivity index is 1.38. The number of fused-ring (bicyclic) bond motifs is 2. The SMILES string of the molecule is CC(NC(=O)c1cccc(S(=O)(=O)N2CCc3ccccc32)c1)c1cc2ccccc2o1. The molecule has 0 aliphatic carbocycles. The van der Waals surface area contributed by atoms with Crippen molar-refractivity contribution in [1.82, 2.24) is 5.32 Å². The number of benzene rings is 3. The number of carbonyl (C=O) groups is 1. The summed E-state index contributed by atoms with van der Waals surface area (Å²) in [7, 11) is -3.77. The number of anilines is 1. The molecule has 4 aromatic rings. The molecule has 1 aromatic heterocycles. The maximum Gasteiger partial charge on any atom is 0.264 e. The quantitative estimate of drug-likeness (QED) is 0.483. The molecule has 0 spiro atoms. The molecule has 6 nitrogen and oxygen atoms in total. The summed E-state index contributed by atoms with van der Waals surface area (Å²) >= 11 is 0. The molecule has 0 fully saturated rings. The lowest BCUT2D eigenvalue weighted by molar-refractivity contribution is 0.0935. The van der Waals surface area contributed by atoms with E-state index in [1.165, 1.54) is 16.4 Å². The zero-order valence-corrected chi connectivity index (χ0v) is 18.3. The highest BCUT2D eigenvalue weighted by Gasteiger charge is 2.31. The van der Waals surface area contributed by atoms with E-state index in [1.807, 2.05) is 61.5 Å². The van der Waals surface area contributed by atoms with Crippen molar-refractivity contribution in [1.29, 1.82) is 0 Å². The number of sulfonamides is 1. The summed E-state index contributed by atoms with van der Waals surface area (Å²) in [5.74, 6) is 0.272. The van der Waals surface area contributed by atoms with Gasteiger partial charge in [-0.15, -0.1) is 0 Å². The molecule has 1 amide bonds. The van der Waals surface area contributed by atoms with Gasteiger partial charge in [0.15, 0.2) is 0 Å². The maximum atomic E-state index is 13.3. The lowest BCUT2D eigenvalue weighted by Crippen LogP contribution is -2.30. The van der Waals surface area contributed by atoms with Crippen molar-refractivity contribution < 1.29 is 17.6 Å². The predicted molar refractivity (Wildman–Crippen MR) is 123 cm³/mol. The van der Waals surface area contributed by atoms with Gasteiger partial charge in [-0.3, -0.25) is 9.10 Å². The molecule has 7 heteroatoms. The van der Waals surface area contributed by atoms with E-state index >= 15 is 0 Å². The Labute approximate surface area is 186 Å². The van der Waals surface area contributed by atoms with Crippen LogP contribution in [0.2, 0.25) is 0 Å². The monoisotopic (exact) mass is 446 g/mol. The van der Waals surface area contributed by atoms with Gasteiger partial charge in [0.1, 0.15) is 11.3 Å². The number of hydrogen-bond donors (Lipinski definition) is 1. The predicted octanol–water partition coefficient (Wildman–Crippen LogP) is 4.68. The summed E-state index contributed by atoms with van der Waals surface area (Å²) in [6, 6.07) is 22.8. The third-order valence-electron chi connectivity index (χ3n) is 5.75. The average Bonchev–Trinajstić information content (AvgIpc) is 3.44. The number of nitrogens with zero attached hydrogens (tertiary/aromatic N) is 1. The normalized spacial score (nSPS) is 14.3. The van der Waals surface area contributed by atoms with E-state index in [2.05, 4.69) is 5.32 Å². The molecule has 3 aromatic carbocycles. The summed E-state index contributed by atoms with van der Waals surface area (Å²) in [4.78, 5) is 13.0. The first kappa shape index (κ1) is 20.3. The van der Waals surface area contributed by atoms with Crippen molar-refractivity contribution in [3.63, 3.8) is 0 Å².